The summed E-state index contributed by atoms with van der Waals surface area (Å²) < 4.78 is 6.04. The van der Waals surface area contributed by atoms with Crippen molar-refractivity contribution < 1.29 is 9.53 Å². The number of carbonyl (C=O) groups excluding carboxylic acids is 1. The minimum absolute atomic E-state index is 0.0940. The van der Waals surface area contributed by atoms with E-state index in [-0.39, 0.29) is 18.4 Å². The summed E-state index contributed by atoms with van der Waals surface area (Å²) in [7, 11) is 1.55. The molecule has 1 rings (SSSR count). The van der Waals surface area contributed by atoms with Crippen LogP contribution in [0.1, 0.15) is 12.0 Å². The van der Waals surface area contributed by atoms with Crippen molar-refractivity contribution in [2.24, 2.45) is 5.73 Å². The van der Waals surface area contributed by atoms with Crippen molar-refractivity contribution in [1.29, 1.82) is 0 Å². The topological polar surface area (TPSA) is 64.3 Å². The van der Waals surface area contributed by atoms with Crippen LogP contribution in [-0.2, 0) is 9.53 Å². The van der Waals surface area contributed by atoms with Crippen LogP contribution in [0.15, 0.2) is 22.7 Å². The average molecular weight is 301 g/mol. The van der Waals surface area contributed by atoms with Crippen molar-refractivity contribution in [1.82, 2.24) is 0 Å². The number of hydrogen-bond acceptors (Lipinski definition) is 3. The van der Waals surface area contributed by atoms with E-state index in [1.54, 1.807) is 7.11 Å². The zero-order chi connectivity index (χ0) is 12.8. The van der Waals surface area contributed by atoms with E-state index in [2.05, 4.69) is 21.2 Å². The third kappa shape index (κ3) is 4.11. The van der Waals surface area contributed by atoms with Crippen molar-refractivity contribution in [3.05, 3.63) is 28.2 Å². The molecule has 4 nitrogen and oxygen atoms in total. The van der Waals surface area contributed by atoms with E-state index in [1.165, 1.54) is 0 Å². The first-order chi connectivity index (χ1) is 8.08. The van der Waals surface area contributed by atoms with Gasteiger partial charge in [0.25, 0.3) is 0 Å². The lowest BCUT2D eigenvalue weighted by atomic mass is 10.2. The molecule has 17 heavy (non-hydrogen) atoms. The van der Waals surface area contributed by atoms with E-state index in [9.17, 15) is 4.79 Å². The first-order valence-corrected chi connectivity index (χ1v) is 6.15. The van der Waals surface area contributed by atoms with Gasteiger partial charge in [-0.2, -0.15) is 0 Å². The first kappa shape index (κ1) is 14.2. The minimum atomic E-state index is -0.234. The first-order valence-electron chi connectivity index (χ1n) is 5.36. The molecule has 0 radical (unpaired) electrons. The van der Waals surface area contributed by atoms with Crippen molar-refractivity contribution in [3.63, 3.8) is 0 Å². The predicted molar refractivity (Wildman–Crippen MR) is 72.0 cm³/mol. The molecule has 94 valence electrons. The Kier molecular flexibility index (Phi) is 5.61. The van der Waals surface area contributed by atoms with Crippen LogP contribution in [0.4, 0.5) is 5.69 Å². The predicted octanol–water partition coefficient (Wildman–Crippen LogP) is 2.06. The number of nitrogens with one attached hydrogen (secondary N) is 1. The molecule has 1 unspecified atom stereocenters. The van der Waals surface area contributed by atoms with Crippen LogP contribution in [0.2, 0.25) is 0 Å². The van der Waals surface area contributed by atoms with Gasteiger partial charge >= 0.3 is 0 Å². The number of benzene rings is 1. The molecule has 0 aliphatic carbocycles. The average Bonchev–Trinajstić information content (AvgIpc) is 2.32. The van der Waals surface area contributed by atoms with Gasteiger partial charge in [0.05, 0.1) is 12.5 Å². The lowest BCUT2D eigenvalue weighted by Gasteiger charge is -2.14. The molecule has 0 spiro atoms. The van der Waals surface area contributed by atoms with E-state index in [1.807, 2.05) is 25.1 Å². The number of anilines is 1. The van der Waals surface area contributed by atoms with Gasteiger partial charge in [-0.05, 0) is 24.6 Å². The zero-order valence-electron chi connectivity index (χ0n) is 10.00. The number of ether oxygens (including phenoxy) is 1. The van der Waals surface area contributed by atoms with Crippen LogP contribution in [0.25, 0.3) is 0 Å². The molecule has 0 aromatic heterocycles. The fourth-order valence-electron chi connectivity index (χ4n) is 1.41. The molecule has 0 aliphatic rings. The molecule has 1 aromatic rings. The molecule has 0 bridgehead atoms. The van der Waals surface area contributed by atoms with Crippen LogP contribution in [0.3, 0.4) is 0 Å². The van der Waals surface area contributed by atoms with E-state index >= 15 is 0 Å². The molecular weight excluding hydrogens is 284 g/mol. The van der Waals surface area contributed by atoms with Crippen LogP contribution < -0.4 is 11.1 Å². The van der Waals surface area contributed by atoms with Gasteiger partial charge in [-0.3, -0.25) is 4.79 Å². The van der Waals surface area contributed by atoms with Crippen molar-refractivity contribution in [3.8, 4) is 0 Å². The van der Waals surface area contributed by atoms with Gasteiger partial charge in [-0.15, -0.1) is 0 Å². The Morgan fingerprint density at radius 3 is 2.88 bits per heavy atom. The molecular formula is C12H17BrN2O2. The molecule has 1 aromatic carbocycles. The Morgan fingerprint density at radius 2 is 2.29 bits per heavy atom. The number of nitrogens with two attached hydrogens (primary N) is 1. The quantitative estimate of drug-likeness (QED) is 0.875. The standard InChI is InChI=1S/C12H17BrN2O2/c1-8-10(13)4-3-5-11(8)15-12(16)6-9(7-14)17-2/h3-5,9H,6-7,14H2,1-2H3,(H,15,16). The summed E-state index contributed by atoms with van der Waals surface area (Å²) in [6, 6.07) is 5.68. The van der Waals surface area contributed by atoms with Gasteiger partial charge in [0.15, 0.2) is 0 Å². The highest BCUT2D eigenvalue weighted by atomic mass is 79.9. The van der Waals surface area contributed by atoms with E-state index < -0.39 is 0 Å². The molecule has 1 amide bonds. The second-order valence-corrected chi connectivity index (χ2v) is 4.61. The van der Waals surface area contributed by atoms with Gasteiger partial charge in [-0.25, -0.2) is 0 Å². The van der Waals surface area contributed by atoms with Crippen LogP contribution in [0, 0.1) is 6.92 Å². The third-order valence-electron chi connectivity index (χ3n) is 2.55. The van der Waals surface area contributed by atoms with E-state index in [4.69, 9.17) is 10.5 Å². The number of rotatable bonds is 5. The summed E-state index contributed by atoms with van der Waals surface area (Å²) in [5, 5.41) is 2.85. The maximum absolute atomic E-state index is 11.7. The van der Waals surface area contributed by atoms with Gasteiger partial charge in [0.1, 0.15) is 0 Å². The van der Waals surface area contributed by atoms with Gasteiger partial charge in [-0.1, -0.05) is 22.0 Å². The highest BCUT2D eigenvalue weighted by molar-refractivity contribution is 9.10. The van der Waals surface area contributed by atoms with Gasteiger partial charge in [0, 0.05) is 23.8 Å². The van der Waals surface area contributed by atoms with E-state index in [0.717, 1.165) is 15.7 Å². The SMILES string of the molecule is COC(CN)CC(=O)Nc1cccc(Br)c1C. The largest absolute Gasteiger partial charge is 0.380 e. The Hall–Kier alpha value is -0.910. The lowest BCUT2D eigenvalue weighted by molar-refractivity contribution is -0.118. The minimum Gasteiger partial charge on any atom is -0.380 e. The zero-order valence-corrected chi connectivity index (χ0v) is 11.6. The number of halogens is 1. The maximum atomic E-state index is 11.7. The number of amides is 1. The fraction of sp³-hybridized carbons (Fsp3) is 0.417. The fourth-order valence-corrected chi connectivity index (χ4v) is 1.78. The lowest BCUT2D eigenvalue weighted by Crippen LogP contribution is -2.28. The molecule has 0 saturated carbocycles. The van der Waals surface area contributed by atoms with Gasteiger partial charge < -0.3 is 15.8 Å². The highest BCUT2D eigenvalue weighted by Crippen LogP contribution is 2.23. The number of methoxy groups -OCH3 is 1. The molecule has 0 aliphatic heterocycles. The Bertz CT molecular complexity index is 392. The molecule has 3 N–H and O–H groups in total. The molecule has 0 fully saturated rings. The van der Waals surface area contributed by atoms with Crippen LogP contribution in [0.5, 0.6) is 0 Å². The second kappa shape index (κ2) is 6.74. The third-order valence-corrected chi connectivity index (χ3v) is 3.41. The summed E-state index contributed by atoms with van der Waals surface area (Å²) >= 11 is 3.42. The number of hydrogen-bond donors (Lipinski definition) is 2. The summed E-state index contributed by atoms with van der Waals surface area (Å²) in [6.45, 7) is 2.28. The smallest absolute Gasteiger partial charge is 0.227 e. The Morgan fingerprint density at radius 1 is 1.59 bits per heavy atom. The second-order valence-electron chi connectivity index (χ2n) is 3.76. The normalized spacial score (nSPS) is 12.2. The van der Waals surface area contributed by atoms with Crippen LogP contribution >= 0.6 is 15.9 Å². The summed E-state index contributed by atoms with van der Waals surface area (Å²) in [5.41, 5.74) is 7.27. The Labute approximate surface area is 110 Å². The molecule has 0 saturated heterocycles. The highest BCUT2D eigenvalue weighted by Gasteiger charge is 2.12. The summed E-state index contributed by atoms with van der Waals surface area (Å²) in [5.74, 6) is -0.0940. The van der Waals surface area contributed by atoms with E-state index in [0.29, 0.717) is 6.54 Å². The maximum Gasteiger partial charge on any atom is 0.227 e. The summed E-state index contributed by atoms with van der Waals surface area (Å²) in [4.78, 5) is 11.7. The van der Waals surface area contributed by atoms with Gasteiger partial charge in [0.2, 0.25) is 5.91 Å². The van der Waals surface area contributed by atoms with Crippen molar-refractivity contribution >= 4 is 27.5 Å². The molecule has 1 atom stereocenters. The molecule has 0 heterocycles. The summed E-state index contributed by atoms with van der Waals surface area (Å²) in [6.07, 6.45) is 0.0290. The molecule has 5 heteroatoms. The number of carbonyl (C=O) groups is 1. The van der Waals surface area contributed by atoms with Crippen molar-refractivity contribution in [2.45, 2.75) is 19.4 Å². The van der Waals surface area contributed by atoms with Crippen LogP contribution in [-0.4, -0.2) is 25.7 Å². The monoisotopic (exact) mass is 300 g/mol. The Balaban J connectivity index is 2.65. The van der Waals surface area contributed by atoms with Crippen molar-refractivity contribution in [2.75, 3.05) is 19.0 Å².